The summed E-state index contributed by atoms with van der Waals surface area (Å²) < 4.78 is 21.2. The molecule has 0 radical (unpaired) electrons. The van der Waals surface area contributed by atoms with Crippen molar-refractivity contribution in [2.24, 2.45) is 0 Å². The first-order valence-electron chi connectivity index (χ1n) is 3.87. The van der Waals surface area contributed by atoms with E-state index in [0.717, 1.165) is 0 Å². The number of rotatable bonds is 4. The fourth-order valence-corrected chi connectivity index (χ4v) is 1.88. The monoisotopic (exact) mass is 217 g/mol. The lowest BCUT2D eigenvalue weighted by atomic mass is 10.5. The molecular formula is C7H12N3O3P. The molecule has 6 nitrogen and oxygen atoms in total. The van der Waals surface area contributed by atoms with Crippen LogP contribution in [0.25, 0.3) is 0 Å². The highest BCUT2D eigenvalue weighted by Crippen LogP contribution is 2.49. The molecule has 0 saturated heterocycles. The summed E-state index contributed by atoms with van der Waals surface area (Å²) in [5.74, 6) is 0.140. The van der Waals surface area contributed by atoms with Gasteiger partial charge in [-0.15, -0.1) is 0 Å². The second kappa shape index (κ2) is 4.50. The normalized spacial score (nSPS) is 11.6. The maximum atomic E-state index is 11.7. The lowest BCUT2D eigenvalue weighted by Gasteiger charge is -2.12. The lowest BCUT2D eigenvalue weighted by molar-refractivity contribution is 0.274. The van der Waals surface area contributed by atoms with Gasteiger partial charge in [-0.2, -0.15) is 0 Å². The Balaban J connectivity index is 2.83. The molecule has 1 rings (SSSR count). The van der Waals surface area contributed by atoms with Crippen molar-refractivity contribution in [1.82, 2.24) is 9.97 Å². The molecule has 0 unspecified atom stereocenters. The van der Waals surface area contributed by atoms with Crippen LogP contribution in [-0.4, -0.2) is 24.2 Å². The van der Waals surface area contributed by atoms with E-state index in [4.69, 9.17) is 14.8 Å². The number of nitrogens with two attached hydrogens (primary N) is 1. The Morgan fingerprint density at radius 1 is 1.50 bits per heavy atom. The standard InChI is InChI=1S/C7H12N3O3P/c1-12-14(11,13-2)5-6-3-4-9-7(8)10-6/h3-4H,5H2,1-2H3,(H2,8,9,10). The van der Waals surface area contributed by atoms with E-state index in [1.165, 1.54) is 20.4 Å². The molecule has 0 aliphatic heterocycles. The van der Waals surface area contributed by atoms with E-state index in [-0.39, 0.29) is 12.1 Å². The van der Waals surface area contributed by atoms with Crippen LogP contribution < -0.4 is 5.73 Å². The molecule has 0 spiro atoms. The zero-order valence-electron chi connectivity index (χ0n) is 8.01. The molecule has 2 N–H and O–H groups in total. The Kier molecular flexibility index (Phi) is 3.57. The average Bonchev–Trinajstić information content (AvgIpc) is 2.18. The van der Waals surface area contributed by atoms with Gasteiger partial charge in [0.2, 0.25) is 5.95 Å². The maximum Gasteiger partial charge on any atom is 0.336 e. The van der Waals surface area contributed by atoms with E-state index < -0.39 is 7.60 Å². The van der Waals surface area contributed by atoms with E-state index in [9.17, 15) is 4.57 Å². The molecule has 0 bridgehead atoms. The maximum absolute atomic E-state index is 11.7. The number of hydrogen-bond acceptors (Lipinski definition) is 6. The third-order valence-electron chi connectivity index (χ3n) is 1.64. The Labute approximate surface area is 82.0 Å². The molecule has 1 aromatic heterocycles. The summed E-state index contributed by atoms with van der Waals surface area (Å²) in [4.78, 5) is 7.61. The number of nitrogens with zero attached hydrogens (tertiary/aromatic N) is 2. The van der Waals surface area contributed by atoms with Gasteiger partial charge in [-0.3, -0.25) is 4.57 Å². The van der Waals surface area contributed by atoms with Crippen LogP contribution in [0.5, 0.6) is 0 Å². The van der Waals surface area contributed by atoms with E-state index in [1.807, 2.05) is 0 Å². The van der Waals surface area contributed by atoms with Gasteiger partial charge in [0.25, 0.3) is 0 Å². The molecular weight excluding hydrogens is 205 g/mol. The molecule has 14 heavy (non-hydrogen) atoms. The number of aromatic nitrogens is 2. The van der Waals surface area contributed by atoms with Crippen molar-refractivity contribution in [3.05, 3.63) is 18.0 Å². The minimum absolute atomic E-state index is 0.0900. The first-order chi connectivity index (χ1) is 6.59. The predicted molar refractivity (Wildman–Crippen MR) is 51.8 cm³/mol. The van der Waals surface area contributed by atoms with Crippen LogP contribution in [0.15, 0.2) is 12.3 Å². The fourth-order valence-electron chi connectivity index (χ4n) is 0.903. The van der Waals surface area contributed by atoms with Crippen molar-refractivity contribution in [3.8, 4) is 0 Å². The molecule has 0 fully saturated rings. The van der Waals surface area contributed by atoms with Gasteiger partial charge in [0, 0.05) is 20.4 Å². The van der Waals surface area contributed by atoms with Gasteiger partial charge in [-0.05, 0) is 6.07 Å². The van der Waals surface area contributed by atoms with Gasteiger partial charge in [0.05, 0.1) is 11.9 Å². The molecule has 0 aliphatic carbocycles. The van der Waals surface area contributed by atoms with Crippen molar-refractivity contribution < 1.29 is 13.6 Å². The number of nitrogen functional groups attached to an aromatic ring is 1. The zero-order valence-corrected chi connectivity index (χ0v) is 8.90. The van der Waals surface area contributed by atoms with Crippen LogP contribution in [-0.2, 0) is 19.8 Å². The molecule has 0 saturated carbocycles. The molecule has 1 aromatic rings. The third-order valence-corrected chi connectivity index (χ3v) is 3.47. The topological polar surface area (TPSA) is 87.3 Å². The highest BCUT2D eigenvalue weighted by Gasteiger charge is 2.22. The van der Waals surface area contributed by atoms with E-state index in [0.29, 0.717) is 5.69 Å². The van der Waals surface area contributed by atoms with Crippen LogP contribution in [0.4, 0.5) is 5.95 Å². The Morgan fingerprint density at radius 3 is 2.64 bits per heavy atom. The van der Waals surface area contributed by atoms with Crippen LogP contribution in [0.1, 0.15) is 5.69 Å². The SMILES string of the molecule is COP(=O)(Cc1ccnc(N)n1)OC. The van der Waals surface area contributed by atoms with Crippen molar-refractivity contribution in [3.63, 3.8) is 0 Å². The van der Waals surface area contributed by atoms with Gasteiger partial charge in [0.15, 0.2) is 0 Å². The first kappa shape index (κ1) is 11.1. The molecule has 0 aromatic carbocycles. The van der Waals surface area contributed by atoms with Crippen LogP contribution in [0.2, 0.25) is 0 Å². The summed E-state index contributed by atoms with van der Waals surface area (Å²) in [6.07, 6.45) is 1.58. The fraction of sp³-hybridized carbons (Fsp3) is 0.429. The van der Waals surface area contributed by atoms with E-state index in [1.54, 1.807) is 6.07 Å². The Morgan fingerprint density at radius 2 is 2.14 bits per heavy atom. The number of hydrogen-bond donors (Lipinski definition) is 1. The van der Waals surface area contributed by atoms with Crippen molar-refractivity contribution in [2.75, 3.05) is 20.0 Å². The predicted octanol–water partition coefficient (Wildman–Crippen LogP) is 1.04. The van der Waals surface area contributed by atoms with Crippen LogP contribution in [0.3, 0.4) is 0 Å². The summed E-state index contributed by atoms with van der Waals surface area (Å²) in [6, 6.07) is 1.61. The largest absolute Gasteiger partial charge is 0.368 e. The Hall–Kier alpha value is -0.970. The quantitative estimate of drug-likeness (QED) is 0.758. The summed E-state index contributed by atoms with van der Waals surface area (Å²) >= 11 is 0. The van der Waals surface area contributed by atoms with Gasteiger partial charge < -0.3 is 14.8 Å². The summed E-state index contributed by atoms with van der Waals surface area (Å²) in [5, 5.41) is 0. The molecule has 78 valence electrons. The highest BCUT2D eigenvalue weighted by atomic mass is 31.2. The van der Waals surface area contributed by atoms with Gasteiger partial charge in [-0.25, -0.2) is 9.97 Å². The van der Waals surface area contributed by atoms with Crippen LogP contribution >= 0.6 is 7.60 Å². The first-order valence-corrected chi connectivity index (χ1v) is 5.60. The third kappa shape index (κ3) is 2.77. The molecule has 7 heteroatoms. The van der Waals surface area contributed by atoms with Crippen molar-refractivity contribution in [2.45, 2.75) is 6.16 Å². The van der Waals surface area contributed by atoms with E-state index >= 15 is 0 Å². The second-order valence-electron chi connectivity index (χ2n) is 2.54. The molecule has 0 atom stereocenters. The van der Waals surface area contributed by atoms with Crippen LogP contribution in [0, 0.1) is 0 Å². The summed E-state index contributed by atoms with van der Waals surface area (Å²) in [7, 11) is -0.412. The molecule has 1 heterocycles. The second-order valence-corrected chi connectivity index (χ2v) is 4.81. The summed E-state index contributed by atoms with van der Waals surface area (Å²) in [5.41, 5.74) is 5.90. The lowest BCUT2D eigenvalue weighted by Crippen LogP contribution is -2.00. The smallest absolute Gasteiger partial charge is 0.336 e. The summed E-state index contributed by atoms with van der Waals surface area (Å²) in [6.45, 7) is 0. The number of anilines is 1. The minimum Gasteiger partial charge on any atom is -0.368 e. The van der Waals surface area contributed by atoms with Gasteiger partial charge >= 0.3 is 7.60 Å². The van der Waals surface area contributed by atoms with E-state index in [2.05, 4.69) is 9.97 Å². The van der Waals surface area contributed by atoms with Gasteiger partial charge in [-0.1, -0.05) is 0 Å². The van der Waals surface area contributed by atoms with Gasteiger partial charge in [0.1, 0.15) is 0 Å². The van der Waals surface area contributed by atoms with Crippen molar-refractivity contribution >= 4 is 13.5 Å². The zero-order chi connectivity index (χ0) is 10.6. The highest BCUT2D eigenvalue weighted by molar-refractivity contribution is 7.52. The molecule has 0 amide bonds. The Bertz CT molecular complexity index is 350. The minimum atomic E-state index is -3.07. The average molecular weight is 217 g/mol. The van der Waals surface area contributed by atoms with Crippen molar-refractivity contribution in [1.29, 1.82) is 0 Å². The molecule has 0 aliphatic rings.